The average Bonchev–Trinajstić information content (AvgIpc) is 2.21. The minimum atomic E-state index is -0.318. The maximum atomic E-state index is 10.7. The summed E-state index contributed by atoms with van der Waals surface area (Å²) < 4.78 is 4.91. The van der Waals surface area contributed by atoms with E-state index in [1.165, 1.54) is 6.92 Å². The van der Waals surface area contributed by atoms with Gasteiger partial charge in [-0.05, 0) is 18.1 Å². The van der Waals surface area contributed by atoms with E-state index in [-0.39, 0.29) is 25.1 Å². The Balaban J connectivity index is 2.74. The summed E-state index contributed by atoms with van der Waals surface area (Å²) in [6.45, 7) is 3.56. The summed E-state index contributed by atoms with van der Waals surface area (Å²) in [5, 5.41) is 9.23. The number of carbonyl (C=O) groups is 1. The standard InChI is InChI=1S/C12H16O3/c1-9-5-3-4-6-12(9)11(7-13)8-15-10(2)14/h3-6,11,13H,7-8H2,1-2H3/t11-/m0/s1. The molecule has 0 heterocycles. The molecule has 0 bridgehead atoms. The highest BCUT2D eigenvalue weighted by atomic mass is 16.5. The van der Waals surface area contributed by atoms with Gasteiger partial charge in [-0.2, -0.15) is 0 Å². The van der Waals surface area contributed by atoms with Crippen LogP contribution in [0.1, 0.15) is 24.0 Å². The maximum Gasteiger partial charge on any atom is 0.302 e. The number of hydrogen-bond donors (Lipinski definition) is 1. The Morgan fingerprint density at radius 2 is 2.13 bits per heavy atom. The normalized spacial score (nSPS) is 12.2. The third-order valence-electron chi connectivity index (χ3n) is 2.34. The zero-order chi connectivity index (χ0) is 11.3. The van der Waals surface area contributed by atoms with Gasteiger partial charge in [-0.1, -0.05) is 24.3 Å². The summed E-state index contributed by atoms with van der Waals surface area (Å²) in [4.78, 5) is 10.7. The van der Waals surface area contributed by atoms with Crippen LogP contribution in [-0.4, -0.2) is 24.3 Å². The van der Waals surface area contributed by atoms with Gasteiger partial charge in [-0.3, -0.25) is 4.79 Å². The van der Waals surface area contributed by atoms with Crippen molar-refractivity contribution in [3.63, 3.8) is 0 Å². The lowest BCUT2D eigenvalue weighted by Gasteiger charge is -2.16. The molecular formula is C12H16O3. The molecule has 0 aliphatic heterocycles. The number of hydrogen-bond acceptors (Lipinski definition) is 3. The molecule has 1 N–H and O–H groups in total. The van der Waals surface area contributed by atoms with Gasteiger partial charge in [0.2, 0.25) is 0 Å². The Labute approximate surface area is 89.7 Å². The third-order valence-corrected chi connectivity index (χ3v) is 2.34. The lowest BCUT2D eigenvalue weighted by Crippen LogP contribution is -2.15. The predicted molar refractivity (Wildman–Crippen MR) is 57.6 cm³/mol. The SMILES string of the molecule is CC(=O)OC[C@H](CO)c1ccccc1C. The summed E-state index contributed by atoms with van der Waals surface area (Å²) in [6, 6.07) is 7.78. The van der Waals surface area contributed by atoms with E-state index >= 15 is 0 Å². The van der Waals surface area contributed by atoms with Gasteiger partial charge < -0.3 is 9.84 Å². The topological polar surface area (TPSA) is 46.5 Å². The zero-order valence-corrected chi connectivity index (χ0v) is 9.06. The highest BCUT2D eigenvalue weighted by Crippen LogP contribution is 2.19. The Hall–Kier alpha value is -1.35. The van der Waals surface area contributed by atoms with E-state index in [0.29, 0.717) is 0 Å². The number of esters is 1. The Kier molecular flexibility index (Phi) is 4.31. The van der Waals surface area contributed by atoms with Crippen LogP contribution >= 0.6 is 0 Å². The van der Waals surface area contributed by atoms with Crippen molar-refractivity contribution in [3.8, 4) is 0 Å². The van der Waals surface area contributed by atoms with Crippen molar-refractivity contribution in [1.82, 2.24) is 0 Å². The fourth-order valence-corrected chi connectivity index (χ4v) is 1.50. The zero-order valence-electron chi connectivity index (χ0n) is 9.06. The molecule has 0 unspecified atom stereocenters. The number of aryl methyl sites for hydroxylation is 1. The minimum absolute atomic E-state index is 0.0157. The van der Waals surface area contributed by atoms with Gasteiger partial charge in [0, 0.05) is 12.8 Å². The van der Waals surface area contributed by atoms with Crippen molar-refractivity contribution < 1.29 is 14.6 Å². The number of benzene rings is 1. The van der Waals surface area contributed by atoms with Gasteiger partial charge in [-0.25, -0.2) is 0 Å². The number of aliphatic hydroxyl groups is 1. The second-order valence-corrected chi connectivity index (χ2v) is 3.54. The van der Waals surface area contributed by atoms with Crippen LogP contribution in [0.2, 0.25) is 0 Å². The summed E-state index contributed by atoms with van der Waals surface area (Å²) in [5.74, 6) is -0.447. The van der Waals surface area contributed by atoms with Gasteiger partial charge >= 0.3 is 5.97 Å². The molecule has 3 nitrogen and oxygen atoms in total. The number of carbonyl (C=O) groups excluding carboxylic acids is 1. The molecule has 0 spiro atoms. The van der Waals surface area contributed by atoms with Gasteiger partial charge in [-0.15, -0.1) is 0 Å². The number of rotatable bonds is 4. The average molecular weight is 208 g/mol. The highest BCUT2D eigenvalue weighted by Gasteiger charge is 2.13. The Morgan fingerprint density at radius 1 is 1.47 bits per heavy atom. The summed E-state index contributed by atoms with van der Waals surface area (Å²) in [5.41, 5.74) is 2.13. The molecular weight excluding hydrogens is 192 g/mol. The molecule has 0 amide bonds. The van der Waals surface area contributed by atoms with Crippen LogP contribution < -0.4 is 0 Å². The van der Waals surface area contributed by atoms with Crippen LogP contribution in [0.15, 0.2) is 24.3 Å². The van der Waals surface area contributed by atoms with E-state index in [9.17, 15) is 9.90 Å². The van der Waals surface area contributed by atoms with Crippen LogP contribution in [0.4, 0.5) is 0 Å². The fourth-order valence-electron chi connectivity index (χ4n) is 1.50. The minimum Gasteiger partial charge on any atom is -0.465 e. The fraction of sp³-hybridized carbons (Fsp3) is 0.417. The van der Waals surface area contributed by atoms with Crippen LogP contribution in [0.5, 0.6) is 0 Å². The molecule has 82 valence electrons. The van der Waals surface area contributed by atoms with Gasteiger partial charge in [0.15, 0.2) is 0 Å². The molecule has 0 aliphatic carbocycles. The van der Waals surface area contributed by atoms with Crippen LogP contribution in [0.25, 0.3) is 0 Å². The van der Waals surface area contributed by atoms with E-state index in [1.54, 1.807) is 0 Å². The van der Waals surface area contributed by atoms with Crippen molar-refractivity contribution >= 4 is 5.97 Å². The molecule has 1 aromatic rings. The van der Waals surface area contributed by atoms with Crippen LogP contribution in [-0.2, 0) is 9.53 Å². The van der Waals surface area contributed by atoms with Crippen LogP contribution in [0.3, 0.4) is 0 Å². The van der Waals surface area contributed by atoms with E-state index < -0.39 is 0 Å². The largest absolute Gasteiger partial charge is 0.465 e. The quantitative estimate of drug-likeness (QED) is 0.765. The molecule has 3 heteroatoms. The first-order chi connectivity index (χ1) is 7.15. The number of ether oxygens (including phenoxy) is 1. The van der Waals surface area contributed by atoms with Crippen molar-refractivity contribution in [2.45, 2.75) is 19.8 Å². The van der Waals surface area contributed by atoms with Gasteiger partial charge in [0.1, 0.15) is 6.61 Å². The van der Waals surface area contributed by atoms with E-state index in [4.69, 9.17) is 4.74 Å². The van der Waals surface area contributed by atoms with Gasteiger partial charge in [0.05, 0.1) is 6.61 Å². The Morgan fingerprint density at radius 3 is 2.67 bits per heavy atom. The van der Waals surface area contributed by atoms with E-state index in [1.807, 2.05) is 31.2 Å². The lowest BCUT2D eigenvalue weighted by atomic mass is 9.96. The maximum absolute atomic E-state index is 10.7. The van der Waals surface area contributed by atoms with Crippen molar-refractivity contribution in [2.24, 2.45) is 0 Å². The highest BCUT2D eigenvalue weighted by molar-refractivity contribution is 5.65. The monoisotopic (exact) mass is 208 g/mol. The molecule has 1 aromatic carbocycles. The predicted octanol–water partition coefficient (Wildman–Crippen LogP) is 1.63. The van der Waals surface area contributed by atoms with Crippen LogP contribution in [0, 0.1) is 6.92 Å². The molecule has 0 aliphatic rings. The van der Waals surface area contributed by atoms with E-state index in [2.05, 4.69) is 0 Å². The summed E-state index contributed by atoms with van der Waals surface area (Å²) in [6.07, 6.45) is 0. The molecule has 1 rings (SSSR count). The number of aliphatic hydroxyl groups excluding tert-OH is 1. The van der Waals surface area contributed by atoms with Crippen molar-refractivity contribution in [3.05, 3.63) is 35.4 Å². The van der Waals surface area contributed by atoms with Crippen molar-refractivity contribution in [2.75, 3.05) is 13.2 Å². The first kappa shape index (κ1) is 11.7. The third kappa shape index (κ3) is 3.36. The molecule has 0 saturated carbocycles. The molecule has 0 saturated heterocycles. The summed E-state index contributed by atoms with van der Waals surface area (Å²) >= 11 is 0. The second-order valence-electron chi connectivity index (χ2n) is 3.54. The lowest BCUT2D eigenvalue weighted by molar-refractivity contribution is -0.141. The Bertz CT molecular complexity index is 333. The molecule has 0 radical (unpaired) electrons. The van der Waals surface area contributed by atoms with Crippen molar-refractivity contribution in [1.29, 1.82) is 0 Å². The molecule has 0 fully saturated rings. The molecule has 0 aromatic heterocycles. The smallest absolute Gasteiger partial charge is 0.302 e. The van der Waals surface area contributed by atoms with E-state index in [0.717, 1.165) is 11.1 Å². The summed E-state index contributed by atoms with van der Waals surface area (Å²) in [7, 11) is 0. The molecule has 1 atom stereocenters. The molecule has 15 heavy (non-hydrogen) atoms. The first-order valence-corrected chi connectivity index (χ1v) is 4.95. The second kappa shape index (κ2) is 5.51. The van der Waals surface area contributed by atoms with Gasteiger partial charge in [0.25, 0.3) is 0 Å². The first-order valence-electron chi connectivity index (χ1n) is 4.95.